The van der Waals surface area contributed by atoms with Crippen LogP contribution in [0.2, 0.25) is 0 Å². The molecule has 18 heavy (non-hydrogen) atoms. The fourth-order valence-corrected chi connectivity index (χ4v) is 2.85. The summed E-state index contributed by atoms with van der Waals surface area (Å²) < 4.78 is 27.6. The molecule has 2 aromatic rings. The fourth-order valence-electron chi connectivity index (χ4n) is 2.37. The maximum Gasteiger partial charge on any atom is 0.306 e. The van der Waals surface area contributed by atoms with Crippen molar-refractivity contribution in [1.82, 2.24) is 0 Å². The van der Waals surface area contributed by atoms with Crippen molar-refractivity contribution in [3.05, 3.63) is 53.6 Å². The van der Waals surface area contributed by atoms with Gasteiger partial charge in [-0.2, -0.15) is 8.42 Å². The Bertz CT molecular complexity index is 718. The molecule has 0 bridgehead atoms. The van der Waals surface area contributed by atoms with Crippen molar-refractivity contribution in [3.63, 3.8) is 0 Å². The molecule has 0 heterocycles. The van der Waals surface area contributed by atoms with E-state index in [-0.39, 0.29) is 0 Å². The van der Waals surface area contributed by atoms with E-state index in [1.54, 1.807) is 6.07 Å². The van der Waals surface area contributed by atoms with Crippen LogP contribution in [0.3, 0.4) is 0 Å². The topological polar surface area (TPSA) is 43.4 Å². The Morgan fingerprint density at radius 3 is 2.50 bits per heavy atom. The van der Waals surface area contributed by atoms with Gasteiger partial charge in [0, 0.05) is 12.0 Å². The standard InChI is InChI=1S/C14H12O3S/c1-18(15,16)17-14-8-4-7-12-11-6-3-2-5-10(11)9-13(12)14/h2-8H,9H2,1H3. The van der Waals surface area contributed by atoms with E-state index in [0.717, 1.165) is 29.4 Å². The number of rotatable bonds is 2. The molecule has 92 valence electrons. The molecule has 0 saturated carbocycles. The summed E-state index contributed by atoms with van der Waals surface area (Å²) >= 11 is 0. The van der Waals surface area contributed by atoms with Crippen molar-refractivity contribution in [1.29, 1.82) is 0 Å². The molecule has 3 rings (SSSR count). The Morgan fingerprint density at radius 1 is 1.00 bits per heavy atom. The third kappa shape index (κ3) is 1.88. The molecular weight excluding hydrogens is 248 g/mol. The van der Waals surface area contributed by atoms with E-state index < -0.39 is 10.1 Å². The Hall–Kier alpha value is -1.81. The quantitative estimate of drug-likeness (QED) is 0.665. The smallest absolute Gasteiger partial charge is 0.306 e. The lowest BCUT2D eigenvalue weighted by Crippen LogP contribution is -2.07. The first-order chi connectivity index (χ1) is 8.54. The molecule has 0 atom stereocenters. The minimum Gasteiger partial charge on any atom is -0.382 e. The van der Waals surface area contributed by atoms with Crippen molar-refractivity contribution in [2.75, 3.05) is 6.26 Å². The van der Waals surface area contributed by atoms with Gasteiger partial charge in [-0.3, -0.25) is 0 Å². The lowest BCUT2D eigenvalue weighted by atomic mass is 10.1. The molecule has 0 radical (unpaired) electrons. The molecule has 0 N–H and O–H groups in total. The van der Waals surface area contributed by atoms with Crippen molar-refractivity contribution in [3.8, 4) is 16.9 Å². The van der Waals surface area contributed by atoms with Gasteiger partial charge in [-0.15, -0.1) is 0 Å². The van der Waals surface area contributed by atoms with Crippen LogP contribution in [0.1, 0.15) is 11.1 Å². The van der Waals surface area contributed by atoms with E-state index in [1.165, 1.54) is 5.56 Å². The minimum absolute atomic E-state index is 0.436. The van der Waals surface area contributed by atoms with E-state index in [2.05, 4.69) is 6.07 Å². The molecule has 1 aliphatic carbocycles. The molecular formula is C14H12O3S. The van der Waals surface area contributed by atoms with Gasteiger partial charge in [0.2, 0.25) is 0 Å². The highest BCUT2D eigenvalue weighted by Crippen LogP contribution is 2.41. The van der Waals surface area contributed by atoms with E-state index >= 15 is 0 Å². The van der Waals surface area contributed by atoms with Gasteiger partial charge >= 0.3 is 10.1 Å². The highest BCUT2D eigenvalue weighted by molar-refractivity contribution is 7.86. The van der Waals surface area contributed by atoms with Crippen LogP contribution < -0.4 is 4.18 Å². The number of benzene rings is 2. The first kappa shape index (κ1) is 11.3. The van der Waals surface area contributed by atoms with Gasteiger partial charge in [-0.25, -0.2) is 0 Å². The number of fused-ring (bicyclic) bond motifs is 3. The monoisotopic (exact) mass is 260 g/mol. The van der Waals surface area contributed by atoms with Crippen LogP contribution in [0.25, 0.3) is 11.1 Å². The minimum atomic E-state index is -3.49. The summed E-state index contributed by atoms with van der Waals surface area (Å²) in [5.41, 5.74) is 4.37. The fraction of sp³-hybridized carbons (Fsp3) is 0.143. The third-order valence-electron chi connectivity index (χ3n) is 3.05. The average Bonchev–Trinajstić information content (AvgIpc) is 2.67. The second kappa shape index (κ2) is 3.85. The lowest BCUT2D eigenvalue weighted by molar-refractivity contribution is 0.490. The van der Waals surface area contributed by atoms with Crippen molar-refractivity contribution in [2.45, 2.75) is 6.42 Å². The number of hydrogen-bond donors (Lipinski definition) is 0. The van der Waals surface area contributed by atoms with E-state index in [1.807, 2.05) is 30.3 Å². The van der Waals surface area contributed by atoms with Crippen LogP contribution in [0.5, 0.6) is 5.75 Å². The van der Waals surface area contributed by atoms with E-state index in [9.17, 15) is 8.42 Å². The summed E-state index contributed by atoms with van der Waals surface area (Å²) in [4.78, 5) is 0. The maximum atomic E-state index is 11.3. The second-order valence-electron chi connectivity index (χ2n) is 4.40. The zero-order valence-electron chi connectivity index (χ0n) is 9.88. The summed E-state index contributed by atoms with van der Waals surface area (Å²) in [5.74, 6) is 0.436. The Balaban J connectivity index is 2.14. The summed E-state index contributed by atoms with van der Waals surface area (Å²) in [7, 11) is -3.49. The van der Waals surface area contributed by atoms with Crippen LogP contribution in [-0.2, 0) is 16.5 Å². The number of hydrogen-bond acceptors (Lipinski definition) is 3. The third-order valence-corrected chi connectivity index (χ3v) is 3.53. The zero-order chi connectivity index (χ0) is 12.8. The van der Waals surface area contributed by atoms with Gasteiger partial charge in [0.15, 0.2) is 0 Å². The van der Waals surface area contributed by atoms with Crippen molar-refractivity contribution >= 4 is 10.1 Å². The summed E-state index contributed by atoms with van der Waals surface area (Å²) in [6.45, 7) is 0. The molecule has 0 spiro atoms. The van der Waals surface area contributed by atoms with Crippen LogP contribution in [0.15, 0.2) is 42.5 Å². The van der Waals surface area contributed by atoms with Gasteiger partial charge in [0.05, 0.1) is 6.26 Å². The van der Waals surface area contributed by atoms with Crippen LogP contribution in [0.4, 0.5) is 0 Å². The first-order valence-electron chi connectivity index (χ1n) is 5.64. The molecule has 4 heteroatoms. The molecule has 0 saturated heterocycles. The molecule has 2 aromatic carbocycles. The van der Waals surface area contributed by atoms with Crippen LogP contribution >= 0.6 is 0 Å². The summed E-state index contributed by atoms with van der Waals surface area (Å²) in [5, 5.41) is 0. The Labute approximate surface area is 106 Å². The van der Waals surface area contributed by atoms with E-state index in [0.29, 0.717) is 5.75 Å². The van der Waals surface area contributed by atoms with Gasteiger partial charge < -0.3 is 4.18 Å². The normalized spacial score (nSPS) is 12.9. The van der Waals surface area contributed by atoms with E-state index in [4.69, 9.17) is 4.18 Å². The Kier molecular flexibility index (Phi) is 2.41. The lowest BCUT2D eigenvalue weighted by Gasteiger charge is -2.08. The highest BCUT2D eigenvalue weighted by atomic mass is 32.2. The highest BCUT2D eigenvalue weighted by Gasteiger charge is 2.22. The van der Waals surface area contributed by atoms with Crippen molar-refractivity contribution in [2.24, 2.45) is 0 Å². The molecule has 0 unspecified atom stereocenters. The first-order valence-corrected chi connectivity index (χ1v) is 7.46. The summed E-state index contributed by atoms with van der Waals surface area (Å²) in [6.07, 6.45) is 1.78. The van der Waals surface area contributed by atoms with Gasteiger partial charge in [0.1, 0.15) is 5.75 Å². The predicted molar refractivity (Wildman–Crippen MR) is 70.2 cm³/mol. The largest absolute Gasteiger partial charge is 0.382 e. The molecule has 0 aliphatic heterocycles. The SMILES string of the molecule is CS(=O)(=O)Oc1cccc2c1Cc1ccccc1-2. The molecule has 3 nitrogen and oxygen atoms in total. The molecule has 1 aliphatic rings. The maximum absolute atomic E-state index is 11.3. The van der Waals surface area contributed by atoms with Gasteiger partial charge in [-0.05, 0) is 22.8 Å². The summed E-state index contributed by atoms with van der Waals surface area (Å²) in [6, 6.07) is 13.6. The van der Waals surface area contributed by atoms with Crippen LogP contribution in [-0.4, -0.2) is 14.7 Å². The second-order valence-corrected chi connectivity index (χ2v) is 5.98. The van der Waals surface area contributed by atoms with Crippen molar-refractivity contribution < 1.29 is 12.6 Å². The molecule has 0 fully saturated rings. The predicted octanol–water partition coefficient (Wildman–Crippen LogP) is 2.60. The molecule has 0 amide bonds. The molecule has 0 aromatic heterocycles. The Morgan fingerprint density at radius 2 is 1.72 bits per heavy atom. The zero-order valence-corrected chi connectivity index (χ0v) is 10.7. The van der Waals surface area contributed by atoms with Crippen LogP contribution in [0, 0.1) is 0 Å². The van der Waals surface area contributed by atoms with Gasteiger partial charge in [-0.1, -0.05) is 36.4 Å². The average molecular weight is 260 g/mol. The van der Waals surface area contributed by atoms with Gasteiger partial charge in [0.25, 0.3) is 0 Å².